The fourth-order valence-electron chi connectivity index (χ4n) is 2.96. The number of carbonyl (C=O) groups is 2. The molecule has 4 heteroatoms. The average Bonchev–Trinajstić information content (AvgIpc) is 3.34. The van der Waals surface area contributed by atoms with Crippen LogP contribution in [0.15, 0.2) is 54.6 Å². The third-order valence-electron chi connectivity index (χ3n) is 4.70. The molecule has 0 bridgehead atoms. The zero-order valence-electron chi connectivity index (χ0n) is 19.9. The Bertz CT molecular complexity index is 578. The Morgan fingerprint density at radius 3 is 2.29 bits per heavy atom. The topological polar surface area (TPSA) is 46.2 Å². The van der Waals surface area contributed by atoms with Gasteiger partial charge in [0.15, 0.2) is 5.78 Å². The molecule has 1 aliphatic carbocycles. The molecule has 1 N–H and O–H groups in total. The third kappa shape index (κ3) is 22.8. The van der Waals surface area contributed by atoms with Gasteiger partial charge >= 0.3 is 22.2 Å². The molecule has 1 aromatic rings. The summed E-state index contributed by atoms with van der Waals surface area (Å²) in [5, 5.41) is 5.62. The molecule has 0 saturated heterocycles. The van der Waals surface area contributed by atoms with E-state index >= 15 is 0 Å². The van der Waals surface area contributed by atoms with Crippen molar-refractivity contribution >= 4 is 17.4 Å². The van der Waals surface area contributed by atoms with E-state index in [-0.39, 0.29) is 5.78 Å². The molecule has 1 aliphatic rings. The molecule has 1 fully saturated rings. The van der Waals surface area contributed by atoms with Crippen molar-refractivity contribution in [1.82, 2.24) is 5.32 Å². The summed E-state index contributed by atoms with van der Waals surface area (Å²) in [6.45, 7) is 6.87. The van der Waals surface area contributed by atoms with Gasteiger partial charge in [0.25, 0.3) is 0 Å². The molecule has 1 aromatic carbocycles. The molecule has 0 aliphatic heterocycles. The number of hydrogen-bond donors (Lipinski definition) is 1. The van der Waals surface area contributed by atoms with Gasteiger partial charge in [-0.05, 0) is 57.1 Å². The Labute approximate surface area is 200 Å². The fourth-order valence-corrected chi connectivity index (χ4v) is 2.96. The van der Waals surface area contributed by atoms with Crippen molar-refractivity contribution < 1.29 is 26.6 Å². The van der Waals surface area contributed by atoms with Gasteiger partial charge in [-0.3, -0.25) is 9.59 Å². The summed E-state index contributed by atoms with van der Waals surface area (Å²) in [7, 11) is 0. The Hall–Kier alpha value is -1.71. The second kappa shape index (κ2) is 26.3. The molecule has 1 saturated carbocycles. The minimum atomic E-state index is 0.265. The molecule has 3 nitrogen and oxygen atoms in total. The van der Waals surface area contributed by atoms with Gasteiger partial charge in [0.05, 0.1) is 0 Å². The Kier molecular flexibility index (Phi) is 26.7. The van der Waals surface area contributed by atoms with Crippen molar-refractivity contribution in [3.63, 3.8) is 0 Å². The van der Waals surface area contributed by atoms with Gasteiger partial charge in [-0.15, -0.1) is 0 Å². The van der Waals surface area contributed by atoms with Crippen LogP contribution in [0.5, 0.6) is 0 Å². The summed E-state index contributed by atoms with van der Waals surface area (Å²) in [6, 6.07) is 10.2. The van der Waals surface area contributed by atoms with E-state index in [1.165, 1.54) is 50.5 Å². The molecule has 31 heavy (non-hydrogen) atoms. The fraction of sp³-hybridized carbons (Fsp3) is 0.519. The van der Waals surface area contributed by atoms with E-state index in [0.717, 1.165) is 13.0 Å². The summed E-state index contributed by atoms with van der Waals surface area (Å²) in [5.74, 6) is 0.927. The number of hydrogen-bond acceptors (Lipinski definition) is 2. The SMILES string of the molecule is C/C=C\CCCC.CCNC=O.O=C(/C=C/C1CCCC1)CCc1ccccc1.[CH2]=[V]. The van der Waals surface area contributed by atoms with Crippen LogP contribution >= 0.6 is 0 Å². The van der Waals surface area contributed by atoms with E-state index in [1.54, 1.807) is 6.08 Å². The van der Waals surface area contributed by atoms with Crippen molar-refractivity contribution in [3.8, 4) is 0 Å². The first-order valence-corrected chi connectivity index (χ1v) is 12.5. The summed E-state index contributed by atoms with van der Waals surface area (Å²) in [5.41, 5.74) is 1.25. The number of ketones is 1. The summed E-state index contributed by atoms with van der Waals surface area (Å²) < 4.78 is 0. The third-order valence-corrected chi connectivity index (χ3v) is 4.70. The maximum atomic E-state index is 11.7. The second-order valence-corrected chi connectivity index (χ2v) is 7.24. The molecule has 0 heterocycles. The summed E-state index contributed by atoms with van der Waals surface area (Å²) in [6.07, 6.45) is 19.5. The van der Waals surface area contributed by atoms with Crippen molar-refractivity contribution in [3.05, 3.63) is 60.2 Å². The number of nitrogens with one attached hydrogen (secondary N) is 1. The predicted molar refractivity (Wildman–Crippen MR) is 132 cm³/mol. The first kappa shape index (κ1) is 31.5. The first-order chi connectivity index (χ1) is 15.2. The zero-order valence-corrected chi connectivity index (χ0v) is 21.3. The van der Waals surface area contributed by atoms with Crippen LogP contribution in [-0.4, -0.2) is 24.0 Å². The molecule has 2 rings (SSSR count). The van der Waals surface area contributed by atoms with Crippen LogP contribution in [0.4, 0.5) is 0 Å². The molecule has 1 amide bonds. The van der Waals surface area contributed by atoms with Crippen LogP contribution in [0, 0.1) is 5.92 Å². The van der Waals surface area contributed by atoms with Gasteiger partial charge in [-0.2, -0.15) is 0 Å². The van der Waals surface area contributed by atoms with E-state index in [0.29, 0.717) is 18.7 Å². The number of unbranched alkanes of at least 4 members (excludes halogenated alkanes) is 2. The van der Waals surface area contributed by atoms with E-state index in [1.807, 2.05) is 25.1 Å². The molecule has 0 atom stereocenters. The van der Waals surface area contributed by atoms with Gasteiger partial charge in [-0.1, -0.05) is 81.2 Å². The Morgan fingerprint density at radius 1 is 1.16 bits per heavy atom. The van der Waals surface area contributed by atoms with Gasteiger partial charge in [-0.25, -0.2) is 0 Å². The van der Waals surface area contributed by atoms with Gasteiger partial charge in [0.2, 0.25) is 6.41 Å². The van der Waals surface area contributed by atoms with Crippen LogP contribution in [0.3, 0.4) is 0 Å². The molecular formula is C27H43NO2V. The molecule has 0 aromatic heterocycles. The second-order valence-electron chi connectivity index (χ2n) is 7.24. The number of aryl methyl sites for hydroxylation is 1. The van der Waals surface area contributed by atoms with Crippen molar-refractivity contribution in [2.24, 2.45) is 5.92 Å². The molecule has 0 unspecified atom stereocenters. The van der Waals surface area contributed by atoms with Crippen molar-refractivity contribution in [2.75, 3.05) is 6.54 Å². The van der Waals surface area contributed by atoms with Crippen LogP contribution < -0.4 is 5.32 Å². The van der Waals surface area contributed by atoms with Crippen LogP contribution in [-0.2, 0) is 33.0 Å². The molecule has 0 spiro atoms. The van der Waals surface area contributed by atoms with Crippen molar-refractivity contribution in [2.45, 2.75) is 78.6 Å². The number of amides is 1. The number of carbonyl (C=O) groups excluding carboxylic acids is 2. The normalized spacial score (nSPS) is 12.7. The van der Waals surface area contributed by atoms with Crippen LogP contribution in [0.2, 0.25) is 0 Å². The van der Waals surface area contributed by atoms with E-state index in [2.05, 4.69) is 71.7 Å². The quantitative estimate of drug-likeness (QED) is 0.188. The molecule has 0 radical (unpaired) electrons. The number of allylic oxidation sites excluding steroid dienone is 4. The van der Waals surface area contributed by atoms with Crippen LogP contribution in [0.1, 0.15) is 77.7 Å². The average molecular weight is 465 g/mol. The monoisotopic (exact) mass is 464 g/mol. The van der Waals surface area contributed by atoms with Gasteiger partial charge in [0.1, 0.15) is 0 Å². The number of rotatable bonds is 10. The molecule has 173 valence electrons. The van der Waals surface area contributed by atoms with E-state index < -0.39 is 0 Å². The minimum absolute atomic E-state index is 0.265. The Morgan fingerprint density at radius 2 is 1.81 bits per heavy atom. The summed E-state index contributed by atoms with van der Waals surface area (Å²) >= 11 is 2.06. The predicted octanol–water partition coefficient (Wildman–Crippen LogP) is 6.40. The first-order valence-electron chi connectivity index (χ1n) is 11.5. The van der Waals surface area contributed by atoms with E-state index in [4.69, 9.17) is 0 Å². The molecular weight excluding hydrogens is 421 g/mol. The van der Waals surface area contributed by atoms with Gasteiger partial charge in [0, 0.05) is 13.0 Å². The maximum absolute atomic E-state index is 11.7. The van der Waals surface area contributed by atoms with Gasteiger partial charge < -0.3 is 5.32 Å². The van der Waals surface area contributed by atoms with Crippen LogP contribution in [0.25, 0.3) is 0 Å². The van der Waals surface area contributed by atoms with Crippen molar-refractivity contribution in [1.29, 1.82) is 0 Å². The number of benzene rings is 1. The zero-order chi connectivity index (χ0) is 23.6. The standard InChI is InChI=1S/C16H20O.C7H14.C3H7NO.CH2.V/c17-16(13-11-15-8-4-5-9-15)12-10-14-6-2-1-3-7-14;1-3-5-7-6-4-2;1-2-4-3-5;;/h1-3,6-7,11,13,15H,4-5,8-10,12H2;3,5H,4,6-7H2,1-2H3;3H,2H2,1H3,(H,4,5);1H2;/b13-11+;5-3-;;;. The summed E-state index contributed by atoms with van der Waals surface area (Å²) in [4.78, 5) is 21.0. The van der Waals surface area contributed by atoms with E-state index in [9.17, 15) is 9.59 Å². The Balaban J connectivity index is 0.